The van der Waals surface area contributed by atoms with Crippen molar-refractivity contribution in [1.82, 2.24) is 40.4 Å². The molecule has 4 N–H and O–H groups in total. The molecule has 0 saturated heterocycles. The number of amides is 4. The fraction of sp³-hybridized carbons (Fsp3) is 0.273. The maximum atomic E-state index is 13.7. The standard InChI is InChI=1S/C42H46N8O6.C2H2/c1-5-23-49(39(51)37(47-41(53)55-3)31-13-9-7-10-14-31)27-35-43-25-33(45-35)22-19-29-17-20-30(21-18-29)34-26-44-36(46-34)28-50(24-6-2)40(52)38(48-42(54)56-4)32-15-11-8-12-16-32;1-2/h7-18,20-21,25-26,37-38H,5-6,23-24,27-28H2,1-4H3,(H,43,45)(H,44,46)(H,47,53)(H,48,54);1-2H/t37-,38-;/m1./s1. The molecule has 0 aliphatic rings. The van der Waals surface area contributed by atoms with Gasteiger partial charge in [0.05, 0.1) is 45.4 Å². The third kappa shape index (κ3) is 12.1. The van der Waals surface area contributed by atoms with E-state index in [1.807, 2.05) is 74.5 Å². The van der Waals surface area contributed by atoms with E-state index in [0.29, 0.717) is 54.4 Å². The Labute approximate surface area is 338 Å². The molecule has 2 aromatic heterocycles. The van der Waals surface area contributed by atoms with Gasteiger partial charge in [-0.25, -0.2) is 19.6 Å². The Balaban J connectivity index is 0.00000366. The van der Waals surface area contributed by atoms with Gasteiger partial charge in [0.2, 0.25) is 11.8 Å². The molecule has 300 valence electrons. The number of H-pyrrole nitrogens is 2. The first-order valence-corrected chi connectivity index (χ1v) is 18.6. The Morgan fingerprint density at radius 2 is 1.14 bits per heavy atom. The molecular weight excluding hydrogens is 737 g/mol. The van der Waals surface area contributed by atoms with E-state index < -0.39 is 24.3 Å². The molecule has 3 aromatic carbocycles. The van der Waals surface area contributed by atoms with Gasteiger partial charge >= 0.3 is 12.2 Å². The number of benzene rings is 3. The van der Waals surface area contributed by atoms with Crippen molar-refractivity contribution in [3.63, 3.8) is 0 Å². The molecule has 5 aromatic rings. The number of carbonyl (C=O) groups is 4. The lowest BCUT2D eigenvalue weighted by molar-refractivity contribution is -0.135. The van der Waals surface area contributed by atoms with Crippen molar-refractivity contribution in [3.05, 3.63) is 131 Å². The normalized spacial score (nSPS) is 11.3. The van der Waals surface area contributed by atoms with Gasteiger partial charge < -0.3 is 39.9 Å². The topological polar surface area (TPSA) is 175 Å². The number of nitrogens with zero attached hydrogens (tertiary/aromatic N) is 4. The third-order valence-electron chi connectivity index (χ3n) is 8.74. The summed E-state index contributed by atoms with van der Waals surface area (Å²) in [6, 6.07) is 23.9. The SMILES string of the molecule is C#C.CCCN(Cc1ncc(C#Cc2ccc(-c3cnc(CN(CCC)C(=O)[C@H](NC(=O)OC)c4ccccc4)[nH]3)cc2)[nH]1)C(=O)[C@H](NC(=O)OC)c1ccccc1. The highest BCUT2D eigenvalue weighted by Crippen LogP contribution is 2.22. The van der Waals surface area contributed by atoms with Crippen LogP contribution in [0.2, 0.25) is 0 Å². The summed E-state index contributed by atoms with van der Waals surface area (Å²) >= 11 is 0. The van der Waals surface area contributed by atoms with Crippen LogP contribution in [-0.4, -0.2) is 81.0 Å². The van der Waals surface area contributed by atoms with Gasteiger partial charge in [-0.2, -0.15) is 0 Å². The fourth-order valence-electron chi connectivity index (χ4n) is 5.99. The molecule has 2 heterocycles. The maximum Gasteiger partial charge on any atom is 0.407 e. The van der Waals surface area contributed by atoms with Crippen LogP contribution in [0.5, 0.6) is 0 Å². The Hall–Kier alpha value is -7.32. The van der Waals surface area contributed by atoms with Crippen LogP contribution in [-0.2, 0) is 32.2 Å². The second kappa shape index (κ2) is 22.3. The van der Waals surface area contributed by atoms with E-state index in [0.717, 1.165) is 16.8 Å². The largest absolute Gasteiger partial charge is 0.453 e. The number of aromatic amines is 2. The quantitative estimate of drug-likeness (QED) is 0.0919. The van der Waals surface area contributed by atoms with Crippen LogP contribution in [0.4, 0.5) is 9.59 Å². The second-order valence-electron chi connectivity index (χ2n) is 12.8. The van der Waals surface area contributed by atoms with E-state index in [1.165, 1.54) is 14.2 Å². The van der Waals surface area contributed by atoms with Gasteiger partial charge in [0.15, 0.2) is 0 Å². The number of hydrogen-bond donors (Lipinski definition) is 4. The van der Waals surface area contributed by atoms with E-state index in [4.69, 9.17) is 9.47 Å². The molecular formula is C44H48N8O6. The first-order valence-electron chi connectivity index (χ1n) is 18.6. The lowest BCUT2D eigenvalue weighted by atomic mass is 10.1. The van der Waals surface area contributed by atoms with Crippen molar-refractivity contribution in [1.29, 1.82) is 0 Å². The van der Waals surface area contributed by atoms with Crippen molar-refractivity contribution in [2.24, 2.45) is 0 Å². The summed E-state index contributed by atoms with van der Waals surface area (Å²) in [6.07, 6.45) is 11.4. The summed E-state index contributed by atoms with van der Waals surface area (Å²) in [4.78, 5) is 70.5. The molecule has 0 unspecified atom stereocenters. The molecule has 0 saturated carbocycles. The molecule has 0 aliphatic carbocycles. The number of nitrogens with one attached hydrogen (secondary N) is 4. The van der Waals surface area contributed by atoms with Crippen LogP contribution in [0.25, 0.3) is 11.3 Å². The van der Waals surface area contributed by atoms with Crippen molar-refractivity contribution < 1.29 is 28.7 Å². The summed E-state index contributed by atoms with van der Waals surface area (Å²) in [5.41, 5.74) is 4.31. The smallest absolute Gasteiger partial charge is 0.407 e. The number of carbonyl (C=O) groups excluding carboxylic acids is 4. The monoisotopic (exact) mass is 784 g/mol. The number of terminal acetylenes is 1. The van der Waals surface area contributed by atoms with Gasteiger partial charge in [-0.15, -0.1) is 12.8 Å². The van der Waals surface area contributed by atoms with E-state index in [9.17, 15) is 19.2 Å². The average molecular weight is 785 g/mol. The summed E-state index contributed by atoms with van der Waals surface area (Å²) in [6.45, 7) is 5.29. The molecule has 58 heavy (non-hydrogen) atoms. The molecule has 4 amide bonds. The van der Waals surface area contributed by atoms with E-state index >= 15 is 0 Å². The highest BCUT2D eigenvalue weighted by Gasteiger charge is 2.29. The van der Waals surface area contributed by atoms with Crippen LogP contribution in [0, 0.1) is 24.7 Å². The van der Waals surface area contributed by atoms with Gasteiger partial charge in [0.25, 0.3) is 0 Å². The number of hydrogen-bond acceptors (Lipinski definition) is 8. The molecule has 2 atom stereocenters. The first-order chi connectivity index (χ1) is 28.2. The number of ether oxygens (including phenoxy) is 2. The maximum absolute atomic E-state index is 13.7. The lowest BCUT2D eigenvalue weighted by Crippen LogP contribution is -2.43. The minimum absolute atomic E-state index is 0.198. The zero-order valence-corrected chi connectivity index (χ0v) is 33.0. The van der Waals surface area contributed by atoms with Crippen molar-refractivity contribution in [3.8, 4) is 35.9 Å². The molecule has 14 heteroatoms. The van der Waals surface area contributed by atoms with Crippen LogP contribution < -0.4 is 10.6 Å². The first kappa shape index (κ1) is 43.4. The minimum atomic E-state index is -0.921. The number of rotatable bonds is 15. The van der Waals surface area contributed by atoms with Crippen molar-refractivity contribution in [2.75, 3.05) is 27.3 Å². The molecule has 5 rings (SSSR count). The van der Waals surface area contributed by atoms with E-state index in [-0.39, 0.29) is 24.9 Å². The molecule has 0 bridgehead atoms. The Morgan fingerprint density at radius 1 is 0.672 bits per heavy atom. The molecule has 0 spiro atoms. The van der Waals surface area contributed by atoms with Gasteiger partial charge in [-0.05, 0) is 47.6 Å². The van der Waals surface area contributed by atoms with Crippen LogP contribution in [0.3, 0.4) is 0 Å². The Kier molecular flexibility index (Phi) is 16.7. The predicted molar refractivity (Wildman–Crippen MR) is 219 cm³/mol. The average Bonchev–Trinajstić information content (AvgIpc) is 3.94. The Bertz CT molecular complexity index is 2170. The summed E-state index contributed by atoms with van der Waals surface area (Å²) in [5.74, 6) is 6.85. The summed E-state index contributed by atoms with van der Waals surface area (Å²) in [5, 5.41) is 5.33. The lowest BCUT2D eigenvalue weighted by Gasteiger charge is -2.27. The summed E-state index contributed by atoms with van der Waals surface area (Å²) in [7, 11) is 2.52. The van der Waals surface area contributed by atoms with Crippen LogP contribution >= 0.6 is 0 Å². The molecule has 0 radical (unpaired) electrons. The molecule has 0 aliphatic heterocycles. The van der Waals surface area contributed by atoms with Gasteiger partial charge in [-0.1, -0.05) is 92.6 Å². The molecule has 0 fully saturated rings. The van der Waals surface area contributed by atoms with Crippen molar-refractivity contribution >= 4 is 24.0 Å². The zero-order valence-electron chi connectivity index (χ0n) is 33.0. The van der Waals surface area contributed by atoms with Gasteiger partial charge in [0.1, 0.15) is 29.4 Å². The number of alkyl carbamates (subject to hydrolysis) is 2. The van der Waals surface area contributed by atoms with E-state index in [2.05, 4.69) is 55.3 Å². The second-order valence-corrected chi connectivity index (χ2v) is 12.8. The minimum Gasteiger partial charge on any atom is -0.453 e. The molecule has 14 nitrogen and oxygen atoms in total. The zero-order chi connectivity index (χ0) is 41.9. The van der Waals surface area contributed by atoms with Gasteiger partial charge in [0, 0.05) is 18.7 Å². The third-order valence-corrected chi connectivity index (χ3v) is 8.74. The fourth-order valence-corrected chi connectivity index (χ4v) is 5.99. The highest BCUT2D eigenvalue weighted by atomic mass is 16.5. The number of aromatic nitrogens is 4. The Morgan fingerprint density at radius 3 is 1.60 bits per heavy atom. The predicted octanol–water partition coefficient (Wildman–Crippen LogP) is 6.12. The summed E-state index contributed by atoms with van der Waals surface area (Å²) < 4.78 is 9.57. The van der Waals surface area contributed by atoms with Crippen LogP contribution in [0.15, 0.2) is 97.3 Å². The highest BCUT2D eigenvalue weighted by molar-refractivity contribution is 5.87. The van der Waals surface area contributed by atoms with Crippen LogP contribution in [0.1, 0.15) is 72.8 Å². The number of methoxy groups -OCH3 is 2. The van der Waals surface area contributed by atoms with Crippen molar-refractivity contribution in [2.45, 2.75) is 51.9 Å². The van der Waals surface area contributed by atoms with E-state index in [1.54, 1.807) is 46.5 Å². The van der Waals surface area contributed by atoms with Gasteiger partial charge in [-0.3, -0.25) is 9.59 Å². The number of imidazole rings is 2.